The predicted molar refractivity (Wildman–Crippen MR) is 36.7 cm³/mol. The zero-order valence-electron chi connectivity index (χ0n) is 6.09. The molecule has 52 valence electrons. The Labute approximate surface area is 55.5 Å². The lowest BCUT2D eigenvalue weighted by molar-refractivity contribution is -0.107. The number of hydrogen-bond donors (Lipinski definition) is 0. The smallest absolute Gasteiger partial charge is 0.166 e. The number of carbonyl (C=O) groups excluding carboxylic acids is 1. The number of aldehydes is 1. The van der Waals surface area contributed by atoms with Crippen LogP contribution in [0.5, 0.6) is 0 Å². The van der Waals surface area contributed by atoms with E-state index in [1.54, 1.807) is 17.1 Å². The Morgan fingerprint density at radius 1 is 1.44 bits per heavy atom. The summed E-state index contributed by atoms with van der Waals surface area (Å²) in [6.07, 6.45) is 0.722. The van der Waals surface area contributed by atoms with E-state index in [1.165, 1.54) is 0 Å². The average Bonchev–Trinajstić information content (AvgIpc) is 1.84. The van der Waals surface area contributed by atoms with Gasteiger partial charge in [-0.1, -0.05) is 6.58 Å². The largest absolute Gasteiger partial charge is 0.307 e. The zero-order valence-corrected chi connectivity index (χ0v) is 6.09. The molecule has 0 atom stereocenters. The molecule has 0 aromatic rings. The van der Waals surface area contributed by atoms with Crippen molar-refractivity contribution in [2.45, 2.75) is 0 Å². The Bertz CT molecular complexity index is 120. The third-order valence-electron chi connectivity index (χ3n) is 1.15. The monoisotopic (exact) mass is 128 g/mol. The summed E-state index contributed by atoms with van der Waals surface area (Å²) in [4.78, 5) is 10.1. The van der Waals surface area contributed by atoms with Crippen molar-refractivity contribution in [1.29, 1.82) is 0 Å². The van der Waals surface area contributed by atoms with Crippen LogP contribution in [0.15, 0.2) is 12.3 Å². The van der Waals surface area contributed by atoms with Crippen LogP contribution in [-0.4, -0.2) is 37.4 Å². The van der Waals surface area contributed by atoms with Crippen LogP contribution in [0, 0.1) is 0 Å². The van der Waals surface area contributed by atoms with Crippen LogP contribution >= 0.6 is 0 Å². The van der Waals surface area contributed by atoms with Crippen molar-refractivity contribution >= 4 is 6.29 Å². The molecule has 0 amide bonds. The van der Waals surface area contributed by atoms with E-state index in [-0.39, 0.29) is 0 Å². The quantitative estimate of drug-likeness (QED) is 0.306. The highest BCUT2D eigenvalue weighted by atomic mass is 16.1. The van der Waals surface area contributed by atoms with Crippen molar-refractivity contribution < 1.29 is 4.79 Å². The molecule has 3 nitrogen and oxygen atoms in total. The summed E-state index contributed by atoms with van der Waals surface area (Å²) >= 11 is 0. The van der Waals surface area contributed by atoms with Crippen LogP contribution in [-0.2, 0) is 4.79 Å². The SMILES string of the molecule is C=C(C=O)N(C)N(C)C. The molecule has 9 heavy (non-hydrogen) atoms. The Morgan fingerprint density at radius 2 is 1.89 bits per heavy atom. The standard InChI is InChI=1S/C6H12N2O/c1-6(5-9)8(4)7(2)3/h5H,1H2,2-4H3. The minimum atomic E-state index is 0.458. The summed E-state index contributed by atoms with van der Waals surface area (Å²) in [5, 5.41) is 3.43. The molecule has 0 aliphatic heterocycles. The van der Waals surface area contributed by atoms with E-state index in [0.29, 0.717) is 5.70 Å². The van der Waals surface area contributed by atoms with Crippen molar-refractivity contribution in [3.63, 3.8) is 0 Å². The normalized spacial score (nSPS) is 9.33. The molecule has 0 N–H and O–H groups in total. The van der Waals surface area contributed by atoms with Crippen molar-refractivity contribution in [2.75, 3.05) is 21.1 Å². The van der Waals surface area contributed by atoms with E-state index in [9.17, 15) is 4.79 Å². The Morgan fingerprint density at radius 3 is 2.00 bits per heavy atom. The van der Waals surface area contributed by atoms with Gasteiger partial charge in [0.25, 0.3) is 0 Å². The van der Waals surface area contributed by atoms with Crippen LogP contribution in [0.4, 0.5) is 0 Å². The number of allylic oxidation sites excluding steroid dienone is 1. The molecule has 0 heterocycles. The number of carbonyl (C=O) groups is 1. The summed E-state index contributed by atoms with van der Waals surface area (Å²) in [6, 6.07) is 0. The average molecular weight is 128 g/mol. The van der Waals surface area contributed by atoms with E-state index in [4.69, 9.17) is 0 Å². The molecule has 0 rings (SSSR count). The van der Waals surface area contributed by atoms with E-state index < -0.39 is 0 Å². The van der Waals surface area contributed by atoms with E-state index in [1.807, 2.05) is 14.1 Å². The van der Waals surface area contributed by atoms with Crippen LogP contribution < -0.4 is 0 Å². The maximum Gasteiger partial charge on any atom is 0.166 e. The van der Waals surface area contributed by atoms with Gasteiger partial charge >= 0.3 is 0 Å². The number of nitrogens with zero attached hydrogens (tertiary/aromatic N) is 2. The van der Waals surface area contributed by atoms with Gasteiger partial charge in [-0.15, -0.1) is 0 Å². The summed E-state index contributed by atoms with van der Waals surface area (Å²) in [5.74, 6) is 0. The molecule has 0 bridgehead atoms. The fourth-order valence-electron chi connectivity index (χ4n) is 0.333. The lowest BCUT2D eigenvalue weighted by Gasteiger charge is -2.24. The van der Waals surface area contributed by atoms with Crippen molar-refractivity contribution in [2.24, 2.45) is 0 Å². The highest BCUT2D eigenvalue weighted by molar-refractivity contribution is 5.70. The maximum atomic E-state index is 10.1. The second-order valence-corrected chi connectivity index (χ2v) is 1.98. The fraction of sp³-hybridized carbons (Fsp3) is 0.500. The third-order valence-corrected chi connectivity index (χ3v) is 1.15. The van der Waals surface area contributed by atoms with Gasteiger partial charge in [0.05, 0.1) is 5.70 Å². The summed E-state index contributed by atoms with van der Waals surface area (Å²) in [7, 11) is 5.46. The Kier molecular flexibility index (Phi) is 2.95. The first-order valence-corrected chi connectivity index (χ1v) is 2.64. The summed E-state index contributed by atoms with van der Waals surface area (Å²) in [6.45, 7) is 3.51. The fourth-order valence-corrected chi connectivity index (χ4v) is 0.333. The second kappa shape index (κ2) is 3.25. The molecule has 0 fully saturated rings. The van der Waals surface area contributed by atoms with Gasteiger partial charge in [-0.2, -0.15) is 0 Å². The van der Waals surface area contributed by atoms with E-state index >= 15 is 0 Å². The lowest BCUT2D eigenvalue weighted by atomic mass is 10.5. The van der Waals surface area contributed by atoms with Crippen LogP contribution in [0.1, 0.15) is 0 Å². The molecule has 0 aromatic carbocycles. The predicted octanol–water partition coefficient (Wildman–Crippen LogP) is 0.107. The molecule has 0 aromatic heterocycles. The topological polar surface area (TPSA) is 23.6 Å². The molecule has 0 aliphatic carbocycles. The van der Waals surface area contributed by atoms with Gasteiger partial charge in [0, 0.05) is 21.1 Å². The van der Waals surface area contributed by atoms with Gasteiger partial charge in [-0.3, -0.25) is 4.79 Å². The lowest BCUT2D eigenvalue weighted by Crippen LogP contribution is -2.32. The van der Waals surface area contributed by atoms with Gasteiger partial charge < -0.3 is 5.01 Å². The van der Waals surface area contributed by atoms with Gasteiger partial charge in [-0.05, 0) is 0 Å². The number of hydrogen-bond acceptors (Lipinski definition) is 3. The molecular weight excluding hydrogens is 116 g/mol. The summed E-state index contributed by atoms with van der Waals surface area (Å²) in [5.41, 5.74) is 0.458. The van der Waals surface area contributed by atoms with E-state index in [2.05, 4.69) is 6.58 Å². The molecule has 0 unspecified atom stereocenters. The molecule has 0 saturated carbocycles. The second-order valence-electron chi connectivity index (χ2n) is 1.98. The first-order chi connectivity index (χ1) is 4.09. The minimum absolute atomic E-state index is 0.458. The van der Waals surface area contributed by atoms with Crippen molar-refractivity contribution in [1.82, 2.24) is 10.0 Å². The summed E-state index contributed by atoms with van der Waals surface area (Å²) < 4.78 is 0. The molecule has 0 aliphatic rings. The molecule has 0 spiro atoms. The number of rotatable bonds is 3. The Hall–Kier alpha value is -0.830. The van der Waals surface area contributed by atoms with Crippen LogP contribution in [0.2, 0.25) is 0 Å². The van der Waals surface area contributed by atoms with E-state index in [0.717, 1.165) is 6.29 Å². The first kappa shape index (κ1) is 8.17. The highest BCUT2D eigenvalue weighted by Gasteiger charge is 1.99. The zero-order chi connectivity index (χ0) is 7.44. The van der Waals surface area contributed by atoms with Crippen LogP contribution in [0.25, 0.3) is 0 Å². The molecule has 0 saturated heterocycles. The molecule has 0 radical (unpaired) electrons. The minimum Gasteiger partial charge on any atom is -0.307 e. The van der Waals surface area contributed by atoms with Gasteiger partial charge in [0.2, 0.25) is 0 Å². The molecular formula is C6H12N2O. The third kappa shape index (κ3) is 2.28. The van der Waals surface area contributed by atoms with Gasteiger partial charge in [0.15, 0.2) is 6.29 Å². The maximum absolute atomic E-state index is 10.1. The van der Waals surface area contributed by atoms with Crippen LogP contribution in [0.3, 0.4) is 0 Å². The number of hydrazine groups is 1. The van der Waals surface area contributed by atoms with Crippen molar-refractivity contribution in [3.8, 4) is 0 Å². The van der Waals surface area contributed by atoms with Gasteiger partial charge in [0.1, 0.15) is 0 Å². The first-order valence-electron chi connectivity index (χ1n) is 2.64. The van der Waals surface area contributed by atoms with Crippen molar-refractivity contribution in [3.05, 3.63) is 12.3 Å². The Balaban J connectivity index is 3.87. The highest BCUT2D eigenvalue weighted by Crippen LogP contribution is 1.93. The number of likely N-dealkylation sites (N-methyl/N-ethyl adjacent to an activating group) is 1. The van der Waals surface area contributed by atoms with Gasteiger partial charge in [-0.25, -0.2) is 5.01 Å². The molecule has 3 heteroatoms.